The highest BCUT2D eigenvalue weighted by Crippen LogP contribution is 2.27. The van der Waals surface area contributed by atoms with Crippen LogP contribution < -0.4 is 0 Å². The quantitative estimate of drug-likeness (QED) is 0.853. The maximum atomic E-state index is 13.3. The largest absolute Gasteiger partial charge is 0.382 e. The molecule has 0 saturated heterocycles. The van der Waals surface area contributed by atoms with Crippen molar-refractivity contribution in [2.75, 3.05) is 0 Å². The van der Waals surface area contributed by atoms with Crippen molar-refractivity contribution in [3.8, 4) is 0 Å². The zero-order valence-corrected chi connectivity index (χ0v) is 8.21. The van der Waals surface area contributed by atoms with Gasteiger partial charge in [-0.25, -0.2) is 8.78 Å². The lowest BCUT2D eigenvalue weighted by Gasteiger charge is -2.09. The molecule has 0 fully saturated rings. The number of hydrogen-bond acceptors (Lipinski definition) is 4. The van der Waals surface area contributed by atoms with Gasteiger partial charge in [0.2, 0.25) is 0 Å². The lowest BCUT2D eigenvalue weighted by Crippen LogP contribution is -2.03. The highest BCUT2D eigenvalue weighted by molar-refractivity contribution is 7.05. The smallest absolute Gasteiger partial charge is 0.132 e. The molecule has 1 aromatic carbocycles. The third kappa shape index (κ3) is 1.86. The minimum atomic E-state index is -1.36. The predicted octanol–water partition coefficient (Wildman–Crippen LogP) is 1.90. The molecule has 1 N–H and O–H groups in total. The Hall–Kier alpha value is -1.40. The van der Waals surface area contributed by atoms with Crippen LogP contribution in [0.25, 0.3) is 0 Å². The minimum absolute atomic E-state index is 0.305. The van der Waals surface area contributed by atoms with Gasteiger partial charge in [0.1, 0.15) is 17.7 Å². The summed E-state index contributed by atoms with van der Waals surface area (Å²) < 4.78 is 30.0. The molecular weight excluding hydrogens is 222 g/mol. The molecule has 78 valence electrons. The van der Waals surface area contributed by atoms with E-state index < -0.39 is 17.7 Å². The average Bonchev–Trinajstić information content (AvgIpc) is 2.69. The van der Waals surface area contributed by atoms with E-state index in [-0.39, 0.29) is 5.56 Å². The second kappa shape index (κ2) is 4.00. The molecule has 0 aliphatic rings. The Morgan fingerprint density at radius 3 is 2.47 bits per heavy atom. The molecule has 0 aliphatic heterocycles. The van der Waals surface area contributed by atoms with Crippen LogP contribution in [0.4, 0.5) is 8.78 Å². The zero-order chi connectivity index (χ0) is 10.8. The van der Waals surface area contributed by atoms with Crippen LogP contribution in [0.1, 0.15) is 16.5 Å². The molecule has 6 heteroatoms. The van der Waals surface area contributed by atoms with E-state index in [0.29, 0.717) is 4.88 Å². The van der Waals surface area contributed by atoms with E-state index in [9.17, 15) is 13.9 Å². The predicted molar refractivity (Wildman–Crippen MR) is 50.3 cm³/mol. The molecule has 1 heterocycles. The lowest BCUT2D eigenvalue weighted by atomic mass is 10.1. The summed E-state index contributed by atoms with van der Waals surface area (Å²) in [5.74, 6) is -1.56. The van der Waals surface area contributed by atoms with E-state index in [4.69, 9.17) is 0 Å². The maximum Gasteiger partial charge on any atom is 0.132 e. The van der Waals surface area contributed by atoms with Crippen LogP contribution in [0.2, 0.25) is 0 Å². The Balaban J connectivity index is 2.46. The molecule has 2 aromatic rings. The number of nitrogens with zero attached hydrogens (tertiary/aromatic N) is 2. The molecule has 0 bridgehead atoms. The summed E-state index contributed by atoms with van der Waals surface area (Å²) in [6.07, 6.45) is -0.0764. The monoisotopic (exact) mass is 228 g/mol. The Kier molecular flexibility index (Phi) is 2.70. The first-order chi connectivity index (χ1) is 7.20. The van der Waals surface area contributed by atoms with Crippen molar-refractivity contribution in [3.05, 3.63) is 46.5 Å². The Morgan fingerprint density at radius 2 is 1.93 bits per heavy atom. The van der Waals surface area contributed by atoms with Crippen LogP contribution in [0.3, 0.4) is 0 Å². The van der Waals surface area contributed by atoms with Gasteiger partial charge in [-0.05, 0) is 23.7 Å². The Labute approximate surface area is 88.2 Å². The van der Waals surface area contributed by atoms with Crippen molar-refractivity contribution in [2.45, 2.75) is 6.10 Å². The van der Waals surface area contributed by atoms with Crippen LogP contribution in [-0.2, 0) is 0 Å². The van der Waals surface area contributed by atoms with Gasteiger partial charge in [-0.2, -0.15) is 0 Å². The highest BCUT2D eigenvalue weighted by Gasteiger charge is 2.20. The fraction of sp³-hybridized carbons (Fsp3) is 0.111. The van der Waals surface area contributed by atoms with Gasteiger partial charge in [0.05, 0.1) is 16.6 Å². The first-order valence-corrected chi connectivity index (χ1v) is 4.86. The van der Waals surface area contributed by atoms with Crippen molar-refractivity contribution >= 4 is 11.5 Å². The Morgan fingerprint density at radius 1 is 1.27 bits per heavy atom. The third-order valence-corrected chi connectivity index (χ3v) is 2.64. The van der Waals surface area contributed by atoms with E-state index in [1.54, 1.807) is 0 Å². The van der Waals surface area contributed by atoms with E-state index >= 15 is 0 Å². The summed E-state index contributed by atoms with van der Waals surface area (Å²) in [7, 11) is 0. The topological polar surface area (TPSA) is 46.0 Å². The summed E-state index contributed by atoms with van der Waals surface area (Å²) in [6, 6.07) is 3.43. The number of rotatable bonds is 2. The number of halogens is 2. The van der Waals surface area contributed by atoms with Gasteiger partial charge < -0.3 is 5.11 Å². The molecule has 0 radical (unpaired) electrons. The van der Waals surface area contributed by atoms with Crippen LogP contribution in [0, 0.1) is 11.6 Å². The van der Waals surface area contributed by atoms with Crippen LogP contribution >= 0.6 is 11.5 Å². The zero-order valence-electron chi connectivity index (χ0n) is 7.39. The lowest BCUT2D eigenvalue weighted by molar-refractivity contribution is 0.212. The van der Waals surface area contributed by atoms with Crippen molar-refractivity contribution in [1.29, 1.82) is 0 Å². The summed E-state index contributed by atoms with van der Waals surface area (Å²) in [5, 5.41) is 13.2. The normalized spacial score (nSPS) is 12.7. The highest BCUT2D eigenvalue weighted by atomic mass is 32.1. The molecule has 0 aliphatic carbocycles. The molecule has 2 rings (SSSR count). The van der Waals surface area contributed by atoms with Crippen LogP contribution in [0.5, 0.6) is 0 Å². The molecule has 0 amide bonds. The Bertz CT molecular complexity index is 441. The van der Waals surface area contributed by atoms with Gasteiger partial charge in [-0.1, -0.05) is 10.6 Å². The molecule has 0 spiro atoms. The third-order valence-electron chi connectivity index (χ3n) is 1.92. The molecule has 1 unspecified atom stereocenters. The van der Waals surface area contributed by atoms with E-state index in [0.717, 1.165) is 23.7 Å². The second-order valence-corrected chi connectivity index (χ2v) is 3.68. The molecule has 1 atom stereocenters. The number of aromatic nitrogens is 2. The average molecular weight is 228 g/mol. The number of aliphatic hydroxyl groups is 1. The second-order valence-electron chi connectivity index (χ2n) is 2.86. The van der Waals surface area contributed by atoms with Gasteiger partial charge in [0.15, 0.2) is 0 Å². The molecule has 0 saturated carbocycles. The van der Waals surface area contributed by atoms with E-state index in [1.807, 2.05) is 0 Å². The number of hydrogen-bond donors (Lipinski definition) is 1. The molecular formula is C9H6F2N2OS. The number of aliphatic hydroxyl groups excluding tert-OH is 1. The van der Waals surface area contributed by atoms with Gasteiger partial charge in [0, 0.05) is 0 Å². The van der Waals surface area contributed by atoms with Gasteiger partial charge >= 0.3 is 0 Å². The number of benzene rings is 1. The minimum Gasteiger partial charge on any atom is -0.382 e. The van der Waals surface area contributed by atoms with Gasteiger partial charge in [-0.3, -0.25) is 0 Å². The van der Waals surface area contributed by atoms with Crippen molar-refractivity contribution < 1.29 is 13.9 Å². The van der Waals surface area contributed by atoms with Crippen molar-refractivity contribution in [1.82, 2.24) is 9.59 Å². The first kappa shape index (κ1) is 10.1. The standard InChI is InChI=1S/C9H6F2N2OS/c10-5-2-1-3-6(11)8(5)9(14)7-4-12-13-15-7/h1-4,9,14H. The summed E-state index contributed by atoms with van der Waals surface area (Å²) >= 11 is 0.899. The molecule has 15 heavy (non-hydrogen) atoms. The summed E-state index contributed by atoms with van der Waals surface area (Å²) in [4.78, 5) is 0.305. The summed E-state index contributed by atoms with van der Waals surface area (Å²) in [5.41, 5.74) is -0.372. The van der Waals surface area contributed by atoms with Crippen LogP contribution in [0.15, 0.2) is 24.4 Å². The fourth-order valence-corrected chi connectivity index (χ4v) is 1.71. The van der Waals surface area contributed by atoms with E-state index in [2.05, 4.69) is 9.59 Å². The molecule has 1 aromatic heterocycles. The van der Waals surface area contributed by atoms with E-state index in [1.165, 1.54) is 12.3 Å². The van der Waals surface area contributed by atoms with Gasteiger partial charge in [-0.15, -0.1) is 5.10 Å². The van der Waals surface area contributed by atoms with Crippen molar-refractivity contribution in [3.63, 3.8) is 0 Å². The van der Waals surface area contributed by atoms with Crippen molar-refractivity contribution in [2.24, 2.45) is 0 Å². The van der Waals surface area contributed by atoms with Gasteiger partial charge in [0.25, 0.3) is 0 Å². The van der Waals surface area contributed by atoms with Crippen LogP contribution in [-0.4, -0.2) is 14.7 Å². The SMILES string of the molecule is OC(c1cnns1)c1c(F)cccc1F. The fourth-order valence-electron chi connectivity index (χ4n) is 1.21. The molecule has 3 nitrogen and oxygen atoms in total. The summed E-state index contributed by atoms with van der Waals surface area (Å²) in [6.45, 7) is 0. The maximum absolute atomic E-state index is 13.3. The first-order valence-electron chi connectivity index (χ1n) is 4.09.